The molecule has 4 heterocycles. The van der Waals surface area contributed by atoms with Crippen LogP contribution in [-0.4, -0.2) is 14.4 Å². The van der Waals surface area contributed by atoms with E-state index in [1.807, 2.05) is 28.9 Å². The molecule has 4 nitrogen and oxygen atoms in total. The Balaban J connectivity index is 1.95. The number of hydrogen-bond acceptors (Lipinski definition) is 4. The summed E-state index contributed by atoms with van der Waals surface area (Å²) in [5.74, 6) is 0.756. The Kier molecular flexibility index (Phi) is 2.25. The third-order valence-electron chi connectivity index (χ3n) is 2.99. The topological polar surface area (TPSA) is 43.3 Å². The maximum absolute atomic E-state index is 5.38. The Morgan fingerprint density at radius 2 is 2.16 bits per heavy atom. The fourth-order valence-electron chi connectivity index (χ4n) is 2.06. The van der Waals surface area contributed by atoms with Crippen molar-refractivity contribution >= 4 is 17.0 Å². The Morgan fingerprint density at radius 1 is 1.16 bits per heavy atom. The van der Waals surface area contributed by atoms with E-state index in [-0.39, 0.29) is 0 Å². The molecule has 0 fully saturated rings. The summed E-state index contributed by atoms with van der Waals surface area (Å²) >= 11 is 1.67. The molecule has 0 spiro atoms. The molecule has 0 aliphatic heterocycles. The monoisotopic (exact) mass is 267 g/mol. The van der Waals surface area contributed by atoms with Crippen molar-refractivity contribution in [3.05, 3.63) is 53.8 Å². The standard InChI is InChI=1S/C14H9N3OS/c1-2-13(18-4-1)11-8-17-12(10-3-5-19-9-10)6-16-14(17)7-15-11/h1-9H. The van der Waals surface area contributed by atoms with Crippen molar-refractivity contribution in [3.8, 4) is 22.7 Å². The predicted molar refractivity (Wildman–Crippen MR) is 74.0 cm³/mol. The van der Waals surface area contributed by atoms with Crippen LogP contribution in [0, 0.1) is 0 Å². The average Bonchev–Trinajstić information content (AvgIpc) is 3.18. The van der Waals surface area contributed by atoms with E-state index in [4.69, 9.17) is 4.42 Å². The molecule has 5 heteroatoms. The highest BCUT2D eigenvalue weighted by Gasteiger charge is 2.09. The van der Waals surface area contributed by atoms with Gasteiger partial charge >= 0.3 is 0 Å². The maximum atomic E-state index is 5.38. The van der Waals surface area contributed by atoms with Gasteiger partial charge in [0.2, 0.25) is 0 Å². The van der Waals surface area contributed by atoms with Gasteiger partial charge < -0.3 is 4.42 Å². The minimum Gasteiger partial charge on any atom is -0.463 e. The summed E-state index contributed by atoms with van der Waals surface area (Å²) in [6.45, 7) is 0. The number of aromatic nitrogens is 3. The first-order chi connectivity index (χ1) is 9.42. The van der Waals surface area contributed by atoms with E-state index >= 15 is 0 Å². The zero-order chi connectivity index (χ0) is 12.7. The van der Waals surface area contributed by atoms with E-state index in [1.54, 1.807) is 23.8 Å². The molecular formula is C14H9N3OS. The van der Waals surface area contributed by atoms with E-state index in [0.29, 0.717) is 0 Å². The quantitative estimate of drug-likeness (QED) is 0.556. The lowest BCUT2D eigenvalue weighted by molar-refractivity contribution is 0.579. The lowest BCUT2D eigenvalue weighted by atomic mass is 10.2. The van der Waals surface area contributed by atoms with Crippen LogP contribution in [-0.2, 0) is 0 Å². The molecule has 0 saturated carbocycles. The van der Waals surface area contributed by atoms with Crippen LogP contribution in [0.4, 0.5) is 0 Å². The zero-order valence-corrected chi connectivity index (χ0v) is 10.7. The van der Waals surface area contributed by atoms with Crippen LogP contribution >= 0.6 is 11.3 Å². The number of furan rings is 1. The van der Waals surface area contributed by atoms with Crippen molar-refractivity contribution in [1.82, 2.24) is 14.4 Å². The number of rotatable bonds is 2. The molecule has 0 saturated heterocycles. The van der Waals surface area contributed by atoms with Crippen LogP contribution in [0.3, 0.4) is 0 Å². The summed E-state index contributed by atoms with van der Waals surface area (Å²) in [4.78, 5) is 8.74. The second-order valence-electron chi connectivity index (χ2n) is 4.13. The molecule has 19 heavy (non-hydrogen) atoms. The third kappa shape index (κ3) is 1.67. The summed E-state index contributed by atoms with van der Waals surface area (Å²) in [6, 6.07) is 5.84. The summed E-state index contributed by atoms with van der Waals surface area (Å²) in [7, 11) is 0. The number of imidazole rings is 1. The van der Waals surface area contributed by atoms with Crippen molar-refractivity contribution in [1.29, 1.82) is 0 Å². The first-order valence-electron chi connectivity index (χ1n) is 5.81. The van der Waals surface area contributed by atoms with Crippen molar-refractivity contribution in [2.75, 3.05) is 0 Å². The van der Waals surface area contributed by atoms with Gasteiger partial charge in [0, 0.05) is 17.1 Å². The Bertz CT molecular complexity index is 816. The Hall–Kier alpha value is -2.40. The van der Waals surface area contributed by atoms with Gasteiger partial charge in [0.15, 0.2) is 11.4 Å². The smallest absolute Gasteiger partial charge is 0.155 e. The predicted octanol–water partition coefficient (Wildman–Crippen LogP) is 3.72. The van der Waals surface area contributed by atoms with Crippen LogP contribution in [0.1, 0.15) is 0 Å². The zero-order valence-electron chi connectivity index (χ0n) is 9.85. The molecule has 0 aromatic carbocycles. The largest absolute Gasteiger partial charge is 0.463 e. The Morgan fingerprint density at radius 3 is 2.95 bits per heavy atom. The van der Waals surface area contributed by atoms with Gasteiger partial charge in [-0.1, -0.05) is 0 Å². The number of fused-ring (bicyclic) bond motifs is 1. The molecule has 4 aromatic rings. The molecule has 4 aromatic heterocycles. The number of nitrogens with zero attached hydrogens (tertiary/aromatic N) is 3. The molecule has 0 atom stereocenters. The molecule has 0 N–H and O–H groups in total. The maximum Gasteiger partial charge on any atom is 0.155 e. The van der Waals surface area contributed by atoms with E-state index in [1.165, 1.54) is 0 Å². The van der Waals surface area contributed by atoms with Gasteiger partial charge in [0.05, 0.1) is 24.4 Å². The van der Waals surface area contributed by atoms with E-state index in [9.17, 15) is 0 Å². The highest BCUT2D eigenvalue weighted by atomic mass is 32.1. The molecule has 0 radical (unpaired) electrons. The van der Waals surface area contributed by atoms with Crippen LogP contribution in [0.2, 0.25) is 0 Å². The van der Waals surface area contributed by atoms with Gasteiger partial charge in [0.25, 0.3) is 0 Å². The van der Waals surface area contributed by atoms with Gasteiger partial charge in [-0.15, -0.1) is 0 Å². The normalized spacial score (nSPS) is 11.2. The lowest BCUT2D eigenvalue weighted by Crippen LogP contribution is -1.91. The van der Waals surface area contributed by atoms with E-state index in [2.05, 4.69) is 26.8 Å². The highest BCUT2D eigenvalue weighted by Crippen LogP contribution is 2.25. The first-order valence-corrected chi connectivity index (χ1v) is 6.76. The van der Waals surface area contributed by atoms with Crippen LogP contribution < -0.4 is 0 Å². The molecule has 0 unspecified atom stereocenters. The highest BCUT2D eigenvalue weighted by molar-refractivity contribution is 7.08. The molecule has 4 rings (SSSR count). The van der Waals surface area contributed by atoms with Gasteiger partial charge in [-0.3, -0.25) is 4.40 Å². The van der Waals surface area contributed by atoms with Crippen LogP contribution in [0.5, 0.6) is 0 Å². The van der Waals surface area contributed by atoms with Crippen LogP contribution in [0.15, 0.2) is 58.2 Å². The first kappa shape index (κ1) is 10.5. The Labute approximate surface area is 113 Å². The van der Waals surface area contributed by atoms with Crippen molar-refractivity contribution in [2.24, 2.45) is 0 Å². The summed E-state index contributed by atoms with van der Waals surface area (Å²) in [5.41, 5.74) is 3.85. The number of hydrogen-bond donors (Lipinski definition) is 0. The van der Waals surface area contributed by atoms with E-state index in [0.717, 1.165) is 28.4 Å². The fourth-order valence-corrected chi connectivity index (χ4v) is 2.71. The molecule has 0 amide bonds. The van der Waals surface area contributed by atoms with Crippen molar-refractivity contribution < 1.29 is 4.42 Å². The second-order valence-corrected chi connectivity index (χ2v) is 4.91. The van der Waals surface area contributed by atoms with Gasteiger partial charge in [-0.2, -0.15) is 11.3 Å². The molecule has 0 aliphatic rings. The summed E-state index contributed by atoms with van der Waals surface area (Å²) in [6.07, 6.45) is 7.22. The van der Waals surface area contributed by atoms with Crippen molar-refractivity contribution in [2.45, 2.75) is 0 Å². The van der Waals surface area contributed by atoms with Gasteiger partial charge in [-0.05, 0) is 23.6 Å². The van der Waals surface area contributed by atoms with Gasteiger partial charge in [0.1, 0.15) is 5.69 Å². The number of thiophene rings is 1. The lowest BCUT2D eigenvalue weighted by Gasteiger charge is -2.01. The van der Waals surface area contributed by atoms with Crippen molar-refractivity contribution in [3.63, 3.8) is 0 Å². The minimum atomic E-state index is 0.756. The fraction of sp³-hybridized carbons (Fsp3) is 0. The molecular weight excluding hydrogens is 258 g/mol. The minimum absolute atomic E-state index is 0.756. The second kappa shape index (κ2) is 4.07. The molecule has 0 bridgehead atoms. The molecule has 0 aliphatic carbocycles. The molecule has 92 valence electrons. The van der Waals surface area contributed by atoms with Crippen LogP contribution in [0.25, 0.3) is 28.4 Å². The summed E-state index contributed by atoms with van der Waals surface area (Å²) < 4.78 is 7.42. The summed E-state index contributed by atoms with van der Waals surface area (Å²) in [5, 5.41) is 4.17. The van der Waals surface area contributed by atoms with Gasteiger partial charge in [-0.25, -0.2) is 9.97 Å². The SMILES string of the molecule is c1coc(-c2cn3c(-c4ccsc4)cnc3cn2)c1. The van der Waals surface area contributed by atoms with E-state index < -0.39 is 0 Å². The third-order valence-corrected chi connectivity index (χ3v) is 3.67. The average molecular weight is 267 g/mol.